The molecule has 0 saturated carbocycles. The van der Waals surface area contributed by atoms with E-state index in [-0.39, 0.29) is 16.5 Å². The van der Waals surface area contributed by atoms with Crippen molar-refractivity contribution in [3.8, 4) is 0 Å². The maximum absolute atomic E-state index is 11.7. The van der Waals surface area contributed by atoms with Gasteiger partial charge in [-0.1, -0.05) is 218 Å². The van der Waals surface area contributed by atoms with Crippen LogP contribution < -0.4 is 0 Å². The Kier molecular flexibility index (Phi) is 29.5. The van der Waals surface area contributed by atoms with Crippen LogP contribution in [0, 0.1) is 0 Å². The Morgan fingerprint density at radius 2 is 0.782 bits per heavy atom. The fourth-order valence-corrected chi connectivity index (χ4v) is 8.41. The molecule has 0 spiro atoms. The van der Waals surface area contributed by atoms with Crippen molar-refractivity contribution in [2.45, 2.75) is 233 Å². The predicted octanol–water partition coefficient (Wildman–Crippen LogP) is 17.7. The van der Waals surface area contributed by atoms with Gasteiger partial charge >= 0.3 is 0 Å². The third kappa shape index (κ3) is 21.4. The van der Waals surface area contributed by atoms with E-state index in [4.69, 9.17) is 0 Å². The van der Waals surface area contributed by atoms with Gasteiger partial charge in [-0.25, -0.2) is 4.70 Å². The zero-order chi connectivity index (χ0) is 38.3. The second-order valence-corrected chi connectivity index (χ2v) is 16.9. The van der Waals surface area contributed by atoms with Gasteiger partial charge in [-0.3, -0.25) is 0 Å². The van der Waals surface area contributed by atoms with Gasteiger partial charge < -0.3 is 5.53 Å². The molecule has 3 rings (SSSR count). The first-order chi connectivity index (χ1) is 26.7. The van der Waals surface area contributed by atoms with Crippen molar-refractivity contribution in [2.24, 2.45) is 0 Å². The molecule has 2 aromatic carbocycles. The van der Waals surface area contributed by atoms with Gasteiger partial charge in [-0.2, -0.15) is 0 Å². The van der Waals surface area contributed by atoms with E-state index >= 15 is 0 Å². The van der Waals surface area contributed by atoms with Crippen molar-refractivity contribution in [1.82, 2.24) is 0 Å². The maximum atomic E-state index is 11.7. The summed E-state index contributed by atoms with van der Waals surface area (Å²) in [6.45, 7) is 6.85. The molecule has 0 unspecified atom stereocenters. The molecule has 0 bridgehead atoms. The molecule has 1 aliphatic heterocycles. The normalized spacial score (nSPS) is 12.8. The largest absolute Gasteiger partial charge is 0.493 e. The zero-order valence-electron chi connectivity index (χ0n) is 36.2. The third-order valence-electron chi connectivity index (χ3n) is 11.9. The maximum Gasteiger partial charge on any atom is 0.210 e. The summed E-state index contributed by atoms with van der Waals surface area (Å²) in [7, 11) is 0. The predicted molar refractivity (Wildman–Crippen MR) is 239 cm³/mol. The van der Waals surface area contributed by atoms with Gasteiger partial charge in [-0.15, -0.1) is 0 Å². The first-order valence-electron chi connectivity index (χ1n) is 23.8. The number of hydrogen-bond donors (Lipinski definition) is 0. The average Bonchev–Trinajstić information content (AvgIpc) is 3.52. The van der Waals surface area contributed by atoms with Crippen LogP contribution in [0.4, 0.5) is 0 Å². The summed E-state index contributed by atoms with van der Waals surface area (Å²) in [5, 5.41) is 0. The standard InChI is InChI=1S/C52H84N2.Ni/c1-4-7-10-12-14-15-16-17-18-19-20-21-22-23-24-25-26-27-28-30-33-36-47-37-34-39-49(44-47)51-45-50(38-31-9-6-3)52(54(51)53)48-42-40-46(41-43-48)35-32-29-13-11-8-5-2;/h34,37,39-45H,4-33,35-36,38H2,1-3H3;. The van der Waals surface area contributed by atoms with E-state index in [1.54, 1.807) is 0 Å². The SMILES string of the molecule is CCCCCCCCCCCCCCCCCCCCCCCc1cccc(C2=CC(CCCCC)=C(c3ccc(CCCCCCCC)cc3)[N+]2=[N-])c1.[Ni]. The van der Waals surface area contributed by atoms with Gasteiger partial charge in [0.25, 0.3) is 0 Å². The van der Waals surface area contributed by atoms with Crippen LogP contribution >= 0.6 is 0 Å². The van der Waals surface area contributed by atoms with Gasteiger partial charge in [0.05, 0.1) is 0 Å². The van der Waals surface area contributed by atoms with Crippen molar-refractivity contribution in [2.75, 3.05) is 0 Å². The molecule has 2 aromatic rings. The second-order valence-electron chi connectivity index (χ2n) is 16.9. The summed E-state index contributed by atoms with van der Waals surface area (Å²) in [5.41, 5.74) is 19.9. The molecule has 55 heavy (non-hydrogen) atoms. The zero-order valence-corrected chi connectivity index (χ0v) is 37.2. The molecular weight excluding hydrogens is 711 g/mol. The van der Waals surface area contributed by atoms with E-state index in [1.165, 1.54) is 208 Å². The molecule has 0 aromatic heterocycles. The minimum absolute atomic E-state index is 0. The first kappa shape index (κ1) is 49.2. The third-order valence-corrected chi connectivity index (χ3v) is 11.9. The minimum Gasteiger partial charge on any atom is -0.493 e. The summed E-state index contributed by atoms with van der Waals surface area (Å²) >= 11 is 0. The summed E-state index contributed by atoms with van der Waals surface area (Å²) in [6, 6.07) is 18.0. The van der Waals surface area contributed by atoms with Crippen LogP contribution in [0.2, 0.25) is 0 Å². The van der Waals surface area contributed by atoms with Gasteiger partial charge in [0.15, 0.2) is 0 Å². The molecule has 0 amide bonds. The summed E-state index contributed by atoms with van der Waals surface area (Å²) in [6.07, 6.45) is 47.0. The molecule has 1 aliphatic rings. The van der Waals surface area contributed by atoms with Crippen molar-refractivity contribution < 1.29 is 21.2 Å². The van der Waals surface area contributed by atoms with Crippen molar-refractivity contribution in [1.29, 1.82) is 0 Å². The van der Waals surface area contributed by atoms with Crippen LogP contribution in [0.3, 0.4) is 0 Å². The Morgan fingerprint density at radius 3 is 1.24 bits per heavy atom. The van der Waals surface area contributed by atoms with E-state index in [9.17, 15) is 5.53 Å². The number of benzene rings is 2. The molecule has 3 heteroatoms. The van der Waals surface area contributed by atoms with Crippen molar-refractivity contribution >= 4 is 11.4 Å². The fourth-order valence-electron chi connectivity index (χ4n) is 8.41. The molecule has 0 atom stereocenters. The number of allylic oxidation sites excluding steroid dienone is 2. The smallest absolute Gasteiger partial charge is 0.210 e. The summed E-state index contributed by atoms with van der Waals surface area (Å²) < 4.78 is 1.49. The van der Waals surface area contributed by atoms with E-state index in [0.717, 1.165) is 48.2 Å². The Morgan fingerprint density at radius 1 is 0.400 bits per heavy atom. The molecule has 0 aliphatic carbocycles. The van der Waals surface area contributed by atoms with Crippen LogP contribution in [-0.2, 0) is 29.3 Å². The summed E-state index contributed by atoms with van der Waals surface area (Å²) in [4.78, 5) is 0. The fraction of sp³-hybridized carbons (Fsp3) is 0.692. The van der Waals surface area contributed by atoms with E-state index < -0.39 is 0 Å². The number of nitrogens with zero attached hydrogens (tertiary/aromatic N) is 2. The summed E-state index contributed by atoms with van der Waals surface area (Å²) in [5.74, 6) is 0. The monoisotopic (exact) mass is 795 g/mol. The Balaban J connectivity index is 0.0000105. The first-order valence-corrected chi connectivity index (χ1v) is 23.8. The quantitative estimate of drug-likeness (QED) is 0.0377. The Hall–Kier alpha value is -1.99. The molecule has 0 radical (unpaired) electrons. The molecule has 0 fully saturated rings. The van der Waals surface area contributed by atoms with Gasteiger partial charge in [0, 0.05) is 39.3 Å². The molecule has 1 heterocycles. The minimum atomic E-state index is 0. The topological polar surface area (TPSA) is 25.3 Å². The number of unbranched alkanes of at least 4 members (excludes halogenated alkanes) is 27. The van der Waals surface area contributed by atoms with Crippen LogP contribution in [-0.4, -0.2) is 4.70 Å². The van der Waals surface area contributed by atoms with Crippen LogP contribution in [0.1, 0.15) is 242 Å². The number of hydrogen-bond acceptors (Lipinski definition) is 0. The molecule has 0 saturated heterocycles. The number of rotatable bonds is 35. The molecule has 2 nitrogen and oxygen atoms in total. The van der Waals surface area contributed by atoms with E-state index in [0.29, 0.717) is 0 Å². The van der Waals surface area contributed by atoms with Crippen LogP contribution in [0.25, 0.3) is 16.9 Å². The van der Waals surface area contributed by atoms with Crippen LogP contribution in [0.5, 0.6) is 0 Å². The van der Waals surface area contributed by atoms with E-state index in [2.05, 4.69) is 75.4 Å². The van der Waals surface area contributed by atoms with Gasteiger partial charge in [-0.05, 0) is 73.9 Å². The molecule has 0 N–H and O–H groups in total. The van der Waals surface area contributed by atoms with Crippen molar-refractivity contribution in [3.63, 3.8) is 0 Å². The molecular formula is C52H84N2Ni. The average molecular weight is 796 g/mol. The second kappa shape index (κ2) is 33.0. The van der Waals surface area contributed by atoms with E-state index in [1.807, 2.05) is 0 Å². The van der Waals surface area contributed by atoms with Gasteiger partial charge in [0.1, 0.15) is 0 Å². The van der Waals surface area contributed by atoms with Crippen molar-refractivity contribution in [3.05, 3.63) is 88.0 Å². The Labute approximate surface area is 351 Å². The molecule has 312 valence electrons. The van der Waals surface area contributed by atoms with Crippen LogP contribution in [0.15, 0.2) is 60.2 Å². The Bertz CT molecular complexity index is 1310. The number of aryl methyl sites for hydroxylation is 2. The van der Waals surface area contributed by atoms with Gasteiger partial charge in [0.2, 0.25) is 11.4 Å².